The van der Waals surface area contributed by atoms with E-state index >= 15 is 0 Å². The highest BCUT2D eigenvalue weighted by Gasteiger charge is 2.22. The van der Waals surface area contributed by atoms with Crippen molar-refractivity contribution in [1.29, 1.82) is 5.26 Å². The summed E-state index contributed by atoms with van der Waals surface area (Å²) < 4.78 is 14.4. The van der Waals surface area contributed by atoms with Crippen molar-refractivity contribution in [3.63, 3.8) is 0 Å². The van der Waals surface area contributed by atoms with Crippen LogP contribution < -0.4 is 5.32 Å². The van der Waals surface area contributed by atoms with Gasteiger partial charge in [0.05, 0.1) is 10.9 Å². The number of para-hydroxylation sites is 1. The summed E-state index contributed by atoms with van der Waals surface area (Å²) in [4.78, 5) is 12.5. The number of thioether (sulfide) groups is 1. The first kappa shape index (κ1) is 18.8. The van der Waals surface area contributed by atoms with Gasteiger partial charge in [0.25, 0.3) is 0 Å². The third-order valence-corrected chi connectivity index (χ3v) is 4.59. The Kier molecular flexibility index (Phi) is 6.79. The fourth-order valence-electron chi connectivity index (χ4n) is 2.47. The van der Waals surface area contributed by atoms with Gasteiger partial charge in [0.1, 0.15) is 11.2 Å². The Hall–Kier alpha value is -2.58. The van der Waals surface area contributed by atoms with Gasteiger partial charge in [-0.15, -0.1) is 0 Å². The quantitative estimate of drug-likeness (QED) is 0.695. The Balaban J connectivity index is 2.34. The van der Waals surface area contributed by atoms with Crippen LogP contribution in [0.4, 0.5) is 10.1 Å². The molecule has 1 unspecified atom stereocenters. The van der Waals surface area contributed by atoms with Crippen LogP contribution in [0, 0.1) is 16.5 Å². The molecular formula is C20H19FN2OS. The van der Waals surface area contributed by atoms with E-state index in [1.807, 2.05) is 42.7 Å². The number of nitrogens with zero attached hydrogens (tertiary/aromatic N) is 1. The van der Waals surface area contributed by atoms with Crippen LogP contribution in [-0.2, 0) is 4.79 Å². The molecule has 0 spiro atoms. The highest BCUT2D eigenvalue weighted by Crippen LogP contribution is 2.31. The van der Waals surface area contributed by atoms with E-state index in [0.717, 1.165) is 23.7 Å². The maximum atomic E-state index is 14.4. The largest absolute Gasteiger partial charge is 0.322 e. The first-order valence-electron chi connectivity index (χ1n) is 7.97. The predicted octanol–water partition coefficient (Wildman–Crippen LogP) is 5.21. The minimum atomic E-state index is -0.535. The number of anilines is 1. The molecule has 0 aliphatic rings. The van der Waals surface area contributed by atoms with Crippen LogP contribution in [0.25, 0.3) is 5.57 Å². The van der Waals surface area contributed by atoms with Gasteiger partial charge in [-0.05, 0) is 35.4 Å². The zero-order valence-corrected chi connectivity index (χ0v) is 14.8. The van der Waals surface area contributed by atoms with Crippen molar-refractivity contribution >= 4 is 28.9 Å². The lowest BCUT2D eigenvalue weighted by molar-refractivity contribution is -0.115. The lowest BCUT2D eigenvalue weighted by Crippen LogP contribution is -2.25. The molecule has 25 heavy (non-hydrogen) atoms. The minimum absolute atomic E-state index is 0.0981. The van der Waals surface area contributed by atoms with E-state index in [1.165, 1.54) is 6.07 Å². The third kappa shape index (κ3) is 4.71. The topological polar surface area (TPSA) is 52.9 Å². The van der Waals surface area contributed by atoms with Crippen molar-refractivity contribution in [2.45, 2.75) is 25.0 Å². The lowest BCUT2D eigenvalue weighted by atomic mass is 9.97. The van der Waals surface area contributed by atoms with E-state index < -0.39 is 11.1 Å². The number of thiocyanates is 1. The van der Waals surface area contributed by atoms with Crippen LogP contribution in [-0.4, -0.2) is 11.2 Å². The van der Waals surface area contributed by atoms with Gasteiger partial charge in [0, 0.05) is 5.56 Å². The molecule has 1 amide bonds. The molecule has 0 aliphatic carbocycles. The van der Waals surface area contributed by atoms with Crippen molar-refractivity contribution in [2.75, 3.05) is 5.32 Å². The van der Waals surface area contributed by atoms with Gasteiger partial charge in [-0.1, -0.05) is 62.4 Å². The second-order valence-corrected chi connectivity index (χ2v) is 6.47. The molecule has 1 N–H and O–H groups in total. The third-order valence-electron chi connectivity index (χ3n) is 3.75. The van der Waals surface area contributed by atoms with Crippen LogP contribution >= 0.6 is 11.8 Å². The molecule has 0 saturated heterocycles. The van der Waals surface area contributed by atoms with Gasteiger partial charge >= 0.3 is 0 Å². The van der Waals surface area contributed by atoms with Crippen molar-refractivity contribution in [3.05, 3.63) is 72.1 Å². The molecule has 2 rings (SSSR count). The summed E-state index contributed by atoms with van der Waals surface area (Å²) in [7, 11) is 0. The number of nitriles is 1. The number of rotatable bonds is 7. The molecule has 2 aromatic rings. The summed E-state index contributed by atoms with van der Waals surface area (Å²) in [5.74, 6) is -0.902. The van der Waals surface area contributed by atoms with Crippen LogP contribution in [0.1, 0.15) is 30.9 Å². The number of halogens is 1. The Morgan fingerprint density at radius 3 is 2.64 bits per heavy atom. The fourth-order valence-corrected chi connectivity index (χ4v) is 3.12. The summed E-state index contributed by atoms with van der Waals surface area (Å²) in [6.07, 6.45) is 1.31. The van der Waals surface area contributed by atoms with Gasteiger partial charge in [-0.3, -0.25) is 4.79 Å². The molecule has 0 fully saturated rings. The first-order chi connectivity index (χ1) is 12.1. The molecular weight excluding hydrogens is 335 g/mol. The highest BCUT2D eigenvalue weighted by molar-refractivity contribution is 8.05. The van der Waals surface area contributed by atoms with Crippen molar-refractivity contribution < 1.29 is 9.18 Å². The van der Waals surface area contributed by atoms with Gasteiger partial charge in [0.2, 0.25) is 5.91 Å². The molecule has 3 nitrogen and oxygen atoms in total. The molecule has 0 saturated carbocycles. The fraction of sp³-hybridized carbons (Fsp3) is 0.200. The van der Waals surface area contributed by atoms with E-state index in [9.17, 15) is 9.18 Å². The second kappa shape index (κ2) is 9.05. The van der Waals surface area contributed by atoms with Gasteiger partial charge in [-0.2, -0.15) is 5.26 Å². The van der Waals surface area contributed by atoms with Gasteiger partial charge in [-0.25, -0.2) is 4.39 Å². The maximum absolute atomic E-state index is 14.4. The van der Waals surface area contributed by atoms with Crippen LogP contribution in [0.5, 0.6) is 0 Å². The van der Waals surface area contributed by atoms with Gasteiger partial charge < -0.3 is 5.32 Å². The molecule has 0 bridgehead atoms. The van der Waals surface area contributed by atoms with E-state index in [-0.39, 0.29) is 11.6 Å². The Morgan fingerprint density at radius 2 is 2.00 bits per heavy atom. The Bertz CT molecular complexity index is 799. The molecule has 128 valence electrons. The lowest BCUT2D eigenvalue weighted by Gasteiger charge is -2.17. The summed E-state index contributed by atoms with van der Waals surface area (Å²) in [5.41, 5.74) is 2.09. The smallest absolute Gasteiger partial charge is 0.238 e. The van der Waals surface area contributed by atoms with Crippen LogP contribution in [0.15, 0.2) is 55.1 Å². The number of hydrogen-bond acceptors (Lipinski definition) is 3. The minimum Gasteiger partial charge on any atom is -0.322 e. The van der Waals surface area contributed by atoms with Crippen LogP contribution in [0.3, 0.4) is 0 Å². The standard InChI is InChI=1S/C20H19FN2OS/c1-3-8-18(25-13-22)20(24)23-19-16(11-7-12-17(19)21)14(2)15-9-5-4-6-10-15/h4-7,9-12,18H,2-3,8H2,1H3,(H,23,24). The SMILES string of the molecule is C=C(c1ccccc1)c1cccc(F)c1NC(=O)C(CCC)SC#N. The zero-order valence-electron chi connectivity index (χ0n) is 14.0. The zero-order chi connectivity index (χ0) is 18.2. The number of benzene rings is 2. The predicted molar refractivity (Wildman–Crippen MR) is 102 cm³/mol. The summed E-state index contributed by atoms with van der Waals surface area (Å²) in [6.45, 7) is 5.98. The molecule has 0 aliphatic heterocycles. The van der Waals surface area contributed by atoms with E-state index in [2.05, 4.69) is 11.9 Å². The number of hydrogen-bond donors (Lipinski definition) is 1. The van der Waals surface area contributed by atoms with E-state index in [1.54, 1.807) is 12.1 Å². The van der Waals surface area contributed by atoms with E-state index in [0.29, 0.717) is 17.6 Å². The number of carbonyl (C=O) groups excluding carboxylic acids is 1. The molecule has 0 radical (unpaired) electrons. The Morgan fingerprint density at radius 1 is 1.28 bits per heavy atom. The summed E-state index contributed by atoms with van der Waals surface area (Å²) in [5, 5.41) is 12.9. The molecule has 0 aromatic heterocycles. The van der Waals surface area contributed by atoms with Crippen LogP contribution in [0.2, 0.25) is 0 Å². The van der Waals surface area contributed by atoms with Crippen molar-refractivity contribution in [1.82, 2.24) is 0 Å². The van der Waals surface area contributed by atoms with Crippen molar-refractivity contribution in [3.8, 4) is 5.40 Å². The number of nitrogens with one attached hydrogen (secondary N) is 1. The van der Waals surface area contributed by atoms with Gasteiger partial charge in [0.15, 0.2) is 0 Å². The monoisotopic (exact) mass is 354 g/mol. The molecule has 0 heterocycles. The summed E-state index contributed by atoms with van der Waals surface area (Å²) >= 11 is 0.893. The molecule has 2 aromatic carbocycles. The second-order valence-electron chi connectivity index (χ2n) is 5.48. The first-order valence-corrected chi connectivity index (χ1v) is 8.85. The van der Waals surface area contributed by atoms with Crippen molar-refractivity contribution in [2.24, 2.45) is 0 Å². The normalized spacial score (nSPS) is 11.4. The Labute approximate surface area is 151 Å². The molecule has 1 atom stereocenters. The highest BCUT2D eigenvalue weighted by atomic mass is 32.2. The average molecular weight is 354 g/mol. The average Bonchev–Trinajstić information content (AvgIpc) is 2.63. The molecule has 5 heteroatoms. The number of amides is 1. The maximum Gasteiger partial charge on any atom is 0.238 e. The van der Waals surface area contributed by atoms with E-state index in [4.69, 9.17) is 5.26 Å². The number of carbonyl (C=O) groups is 1. The summed E-state index contributed by atoms with van der Waals surface area (Å²) in [6, 6.07) is 14.0.